The number of hydrogen-bond acceptors (Lipinski definition) is 3. The molecule has 4 heteroatoms. The molecule has 0 aromatic heterocycles. The van der Waals surface area contributed by atoms with Crippen molar-refractivity contribution in [3.63, 3.8) is 0 Å². The Morgan fingerprint density at radius 2 is 2.00 bits per heavy atom. The van der Waals surface area contributed by atoms with Gasteiger partial charge in [-0.05, 0) is 17.7 Å². The fourth-order valence-electron chi connectivity index (χ4n) is 2.35. The lowest BCUT2D eigenvalue weighted by Gasteiger charge is -2.15. The first-order valence-electron chi connectivity index (χ1n) is 6.58. The van der Waals surface area contributed by atoms with Gasteiger partial charge in [0.2, 0.25) is 5.91 Å². The Morgan fingerprint density at radius 1 is 1.20 bits per heavy atom. The van der Waals surface area contributed by atoms with Crippen molar-refractivity contribution in [1.29, 1.82) is 0 Å². The van der Waals surface area contributed by atoms with E-state index in [1.807, 2.05) is 24.3 Å². The summed E-state index contributed by atoms with van der Waals surface area (Å²) in [6.45, 7) is 1.23. The third-order valence-electron chi connectivity index (χ3n) is 3.50. The minimum atomic E-state index is -0.437. The molecule has 0 aliphatic carbocycles. The number of fused-ring (bicyclic) bond motifs is 1. The van der Waals surface area contributed by atoms with E-state index in [4.69, 9.17) is 10.5 Å². The number of carbonyl (C=O) groups excluding carboxylic acids is 1. The Labute approximate surface area is 117 Å². The van der Waals surface area contributed by atoms with Crippen LogP contribution in [0.4, 0.5) is 0 Å². The molecule has 0 unspecified atom stereocenters. The molecule has 0 fully saturated rings. The Hall–Kier alpha value is -2.33. The van der Waals surface area contributed by atoms with E-state index < -0.39 is 5.91 Å². The molecule has 0 radical (unpaired) electrons. The van der Waals surface area contributed by atoms with E-state index in [1.54, 1.807) is 12.1 Å². The molecule has 3 rings (SSSR count). The normalized spacial score (nSPS) is 17.7. The van der Waals surface area contributed by atoms with Gasteiger partial charge in [-0.2, -0.15) is 0 Å². The van der Waals surface area contributed by atoms with Gasteiger partial charge in [0.15, 0.2) is 0 Å². The molecule has 102 valence electrons. The van der Waals surface area contributed by atoms with Crippen molar-refractivity contribution in [3.8, 4) is 5.75 Å². The SMILES string of the molecule is NC(=O)c1ccc2c(c1)OC[C@H](c1ccccc1)NC2. The molecule has 1 aliphatic rings. The molecule has 20 heavy (non-hydrogen) atoms. The molecule has 1 atom stereocenters. The van der Waals surface area contributed by atoms with E-state index in [2.05, 4.69) is 17.4 Å². The van der Waals surface area contributed by atoms with E-state index >= 15 is 0 Å². The molecule has 0 saturated carbocycles. The van der Waals surface area contributed by atoms with Crippen LogP contribution in [0.15, 0.2) is 48.5 Å². The number of nitrogens with two attached hydrogens (primary N) is 1. The molecule has 0 spiro atoms. The van der Waals surface area contributed by atoms with Crippen molar-refractivity contribution in [2.24, 2.45) is 5.73 Å². The van der Waals surface area contributed by atoms with Crippen LogP contribution in [0.1, 0.15) is 27.5 Å². The predicted molar refractivity (Wildman–Crippen MR) is 76.5 cm³/mol. The highest BCUT2D eigenvalue weighted by Crippen LogP contribution is 2.26. The molecule has 2 aromatic rings. The molecule has 0 saturated heterocycles. The zero-order valence-electron chi connectivity index (χ0n) is 11.0. The van der Waals surface area contributed by atoms with Gasteiger partial charge in [0.25, 0.3) is 0 Å². The second-order valence-electron chi connectivity index (χ2n) is 4.84. The van der Waals surface area contributed by atoms with Gasteiger partial charge >= 0.3 is 0 Å². The highest BCUT2D eigenvalue weighted by Gasteiger charge is 2.18. The minimum absolute atomic E-state index is 0.139. The molecule has 4 nitrogen and oxygen atoms in total. The first-order chi connectivity index (χ1) is 9.74. The second-order valence-corrected chi connectivity index (χ2v) is 4.84. The molecule has 1 aliphatic heterocycles. The fourth-order valence-corrected chi connectivity index (χ4v) is 2.35. The van der Waals surface area contributed by atoms with E-state index in [0.717, 1.165) is 11.3 Å². The summed E-state index contributed by atoms with van der Waals surface area (Å²) in [5, 5.41) is 3.46. The minimum Gasteiger partial charge on any atom is -0.491 e. The van der Waals surface area contributed by atoms with E-state index in [9.17, 15) is 4.79 Å². The largest absolute Gasteiger partial charge is 0.491 e. The topological polar surface area (TPSA) is 64.4 Å². The molecule has 0 bridgehead atoms. The number of rotatable bonds is 2. The fraction of sp³-hybridized carbons (Fsp3) is 0.188. The molecule has 2 aromatic carbocycles. The Morgan fingerprint density at radius 3 is 2.75 bits per heavy atom. The standard InChI is InChI=1S/C16H16N2O2/c17-16(19)12-6-7-13-9-18-14(10-20-15(13)8-12)11-4-2-1-3-5-11/h1-8,14,18H,9-10H2,(H2,17,19)/t14-/m1/s1. The number of amides is 1. The summed E-state index contributed by atoms with van der Waals surface area (Å²) < 4.78 is 5.84. The zero-order valence-corrected chi connectivity index (χ0v) is 11.0. The Bertz CT molecular complexity index is 626. The first kappa shape index (κ1) is 12.7. The maximum absolute atomic E-state index is 11.2. The lowest BCUT2D eigenvalue weighted by molar-refractivity contribution is 0.1000. The van der Waals surface area contributed by atoms with Crippen LogP contribution >= 0.6 is 0 Å². The Kier molecular flexibility index (Phi) is 3.39. The first-order valence-corrected chi connectivity index (χ1v) is 6.58. The average molecular weight is 268 g/mol. The molecule has 1 heterocycles. The summed E-state index contributed by atoms with van der Waals surface area (Å²) in [7, 11) is 0. The van der Waals surface area contributed by atoms with Crippen LogP contribution in [0.25, 0.3) is 0 Å². The zero-order chi connectivity index (χ0) is 13.9. The van der Waals surface area contributed by atoms with Crippen molar-refractivity contribution in [2.75, 3.05) is 6.61 Å². The van der Waals surface area contributed by atoms with E-state index in [0.29, 0.717) is 18.7 Å². The van der Waals surface area contributed by atoms with Gasteiger partial charge in [0, 0.05) is 17.7 Å². The molecule has 3 N–H and O–H groups in total. The van der Waals surface area contributed by atoms with Crippen molar-refractivity contribution >= 4 is 5.91 Å². The summed E-state index contributed by atoms with van der Waals surface area (Å²) in [5.74, 6) is 0.292. The summed E-state index contributed by atoms with van der Waals surface area (Å²) in [5.41, 5.74) is 7.99. The lowest BCUT2D eigenvalue weighted by Crippen LogP contribution is -2.23. The maximum atomic E-state index is 11.2. The maximum Gasteiger partial charge on any atom is 0.248 e. The number of primary amides is 1. The number of nitrogens with one attached hydrogen (secondary N) is 1. The van der Waals surface area contributed by atoms with Crippen LogP contribution in [-0.2, 0) is 6.54 Å². The van der Waals surface area contributed by atoms with Gasteiger partial charge in [-0.25, -0.2) is 0 Å². The number of benzene rings is 2. The van der Waals surface area contributed by atoms with Gasteiger partial charge in [-0.15, -0.1) is 0 Å². The van der Waals surface area contributed by atoms with Crippen LogP contribution in [0.2, 0.25) is 0 Å². The van der Waals surface area contributed by atoms with Crippen molar-refractivity contribution in [2.45, 2.75) is 12.6 Å². The Balaban J connectivity index is 1.83. The van der Waals surface area contributed by atoms with Gasteiger partial charge in [-0.1, -0.05) is 36.4 Å². The average Bonchev–Trinajstić information content (AvgIpc) is 2.70. The quantitative estimate of drug-likeness (QED) is 0.875. The predicted octanol–water partition coefficient (Wildman–Crippen LogP) is 2.01. The van der Waals surface area contributed by atoms with Gasteiger partial charge < -0.3 is 15.8 Å². The molecular weight excluding hydrogens is 252 g/mol. The summed E-state index contributed by atoms with van der Waals surface area (Å²) >= 11 is 0. The number of ether oxygens (including phenoxy) is 1. The van der Waals surface area contributed by atoms with Gasteiger partial charge in [0.05, 0.1) is 6.04 Å². The molecule has 1 amide bonds. The lowest BCUT2D eigenvalue weighted by atomic mass is 10.1. The highest BCUT2D eigenvalue weighted by molar-refractivity contribution is 5.93. The van der Waals surface area contributed by atoms with Gasteiger partial charge in [-0.3, -0.25) is 4.79 Å². The summed E-state index contributed by atoms with van der Waals surface area (Å²) in [6, 6.07) is 15.6. The monoisotopic (exact) mass is 268 g/mol. The van der Waals surface area contributed by atoms with Crippen LogP contribution in [0.3, 0.4) is 0 Å². The van der Waals surface area contributed by atoms with Crippen molar-refractivity contribution in [1.82, 2.24) is 5.32 Å². The van der Waals surface area contributed by atoms with Crippen LogP contribution in [0.5, 0.6) is 5.75 Å². The highest BCUT2D eigenvalue weighted by atomic mass is 16.5. The third kappa shape index (κ3) is 2.51. The number of hydrogen-bond donors (Lipinski definition) is 2. The van der Waals surface area contributed by atoms with E-state index in [-0.39, 0.29) is 6.04 Å². The van der Waals surface area contributed by atoms with Crippen molar-refractivity contribution < 1.29 is 9.53 Å². The summed E-state index contributed by atoms with van der Waals surface area (Å²) in [4.78, 5) is 11.2. The van der Waals surface area contributed by atoms with Crippen LogP contribution < -0.4 is 15.8 Å². The smallest absolute Gasteiger partial charge is 0.248 e. The van der Waals surface area contributed by atoms with Crippen molar-refractivity contribution in [3.05, 3.63) is 65.2 Å². The van der Waals surface area contributed by atoms with Gasteiger partial charge in [0.1, 0.15) is 12.4 Å². The second kappa shape index (κ2) is 5.35. The van der Waals surface area contributed by atoms with E-state index in [1.165, 1.54) is 5.56 Å². The summed E-state index contributed by atoms with van der Waals surface area (Å²) in [6.07, 6.45) is 0. The van der Waals surface area contributed by atoms with Crippen LogP contribution in [-0.4, -0.2) is 12.5 Å². The van der Waals surface area contributed by atoms with Crippen LogP contribution in [0, 0.1) is 0 Å². The molecular formula is C16H16N2O2. The number of carbonyl (C=O) groups is 1. The third-order valence-corrected chi connectivity index (χ3v) is 3.50.